The highest BCUT2D eigenvalue weighted by atomic mass is 16.5. The fraction of sp³-hybridized carbons (Fsp3) is 0.314. The molecule has 2 atom stereocenters. The molecule has 4 rings (SSSR count). The van der Waals surface area contributed by atoms with Crippen LogP contribution in [0, 0.1) is 0 Å². The number of unbranched alkanes of at least 4 members (excludes halogenated alkanes) is 1. The third-order valence-corrected chi connectivity index (χ3v) is 7.76. The van der Waals surface area contributed by atoms with Crippen LogP contribution in [0.4, 0.5) is 4.79 Å². The Labute approximate surface area is 272 Å². The molecule has 0 unspecified atom stereocenters. The number of carbonyl (C=O) groups excluding carboxylic acids is 4. The molecule has 2 aromatic carbocycles. The van der Waals surface area contributed by atoms with Crippen molar-refractivity contribution >= 4 is 35.9 Å². The van der Waals surface area contributed by atoms with Crippen LogP contribution in [0.2, 0.25) is 0 Å². The maximum absolute atomic E-state index is 13.2. The van der Waals surface area contributed by atoms with Gasteiger partial charge in [-0.25, -0.2) is 9.59 Å². The maximum atomic E-state index is 13.2. The van der Waals surface area contributed by atoms with Gasteiger partial charge in [-0.05, 0) is 65.6 Å². The van der Waals surface area contributed by atoms with Crippen LogP contribution in [0.5, 0.6) is 0 Å². The average Bonchev–Trinajstić information content (AvgIpc) is 3.41. The number of alkyl carbamates (subject to hydrolysis) is 1. The number of carbonyl (C=O) groups is 5. The third-order valence-electron chi connectivity index (χ3n) is 7.76. The zero-order valence-electron chi connectivity index (χ0n) is 26.0. The Balaban J connectivity index is 1.35. The van der Waals surface area contributed by atoms with Crippen molar-refractivity contribution in [2.45, 2.75) is 50.1 Å². The molecule has 1 aliphatic rings. The second-order valence-corrected chi connectivity index (χ2v) is 10.9. The number of nitrogens with one attached hydrogen (secondary N) is 3. The van der Waals surface area contributed by atoms with Crippen molar-refractivity contribution < 1.29 is 38.6 Å². The van der Waals surface area contributed by atoms with E-state index in [9.17, 15) is 29.1 Å². The quantitative estimate of drug-likeness (QED) is 0.103. The molecule has 0 aliphatic heterocycles. The molecular formula is C35H38N4O8. The number of fused-ring (bicyclic) bond motifs is 3. The van der Waals surface area contributed by atoms with E-state index in [4.69, 9.17) is 4.74 Å². The van der Waals surface area contributed by atoms with E-state index in [1.54, 1.807) is 24.5 Å². The number of hydrogen-bond donors (Lipinski definition) is 4. The Kier molecular flexibility index (Phi) is 12.6. The largest absolute Gasteiger partial charge is 0.480 e. The van der Waals surface area contributed by atoms with Gasteiger partial charge >= 0.3 is 18.0 Å². The predicted octanol–water partition coefficient (Wildman–Crippen LogP) is 3.81. The highest BCUT2D eigenvalue weighted by Gasteiger charge is 2.31. The Morgan fingerprint density at radius 1 is 0.894 bits per heavy atom. The molecule has 0 bridgehead atoms. The second kappa shape index (κ2) is 17.2. The number of carboxylic acids is 1. The first-order valence-corrected chi connectivity index (χ1v) is 15.3. The first-order chi connectivity index (χ1) is 22.8. The summed E-state index contributed by atoms with van der Waals surface area (Å²) in [7, 11) is 1.19. The highest BCUT2D eigenvalue weighted by molar-refractivity contribution is 5.91. The molecule has 0 saturated carbocycles. The molecule has 0 fully saturated rings. The number of ether oxygens (including phenoxy) is 2. The third kappa shape index (κ3) is 9.98. The molecule has 12 heteroatoms. The van der Waals surface area contributed by atoms with Gasteiger partial charge in [0.2, 0.25) is 11.8 Å². The van der Waals surface area contributed by atoms with Crippen molar-refractivity contribution in [2.75, 3.05) is 20.3 Å². The summed E-state index contributed by atoms with van der Waals surface area (Å²) in [6, 6.07) is 16.9. The summed E-state index contributed by atoms with van der Waals surface area (Å²) in [5.41, 5.74) is 4.98. The number of aliphatic carboxylic acids is 1. The number of nitrogens with zero attached hydrogens (tertiary/aromatic N) is 1. The Hall–Kier alpha value is -5.52. The number of methoxy groups -OCH3 is 1. The summed E-state index contributed by atoms with van der Waals surface area (Å²) < 4.78 is 10.2. The number of rotatable bonds is 16. The van der Waals surface area contributed by atoms with Gasteiger partial charge in [-0.15, -0.1) is 0 Å². The molecule has 3 aromatic rings. The highest BCUT2D eigenvalue weighted by Crippen LogP contribution is 2.44. The van der Waals surface area contributed by atoms with Crippen molar-refractivity contribution in [1.29, 1.82) is 0 Å². The molecule has 1 heterocycles. The lowest BCUT2D eigenvalue weighted by molar-refractivity contribution is -0.144. The number of hydrogen-bond acceptors (Lipinski definition) is 8. The Morgan fingerprint density at radius 3 is 2.23 bits per heavy atom. The molecule has 1 aromatic heterocycles. The molecule has 0 saturated heterocycles. The predicted molar refractivity (Wildman–Crippen MR) is 173 cm³/mol. The molecule has 4 N–H and O–H groups in total. The van der Waals surface area contributed by atoms with Crippen molar-refractivity contribution in [1.82, 2.24) is 20.9 Å². The van der Waals surface area contributed by atoms with Crippen molar-refractivity contribution in [3.8, 4) is 11.1 Å². The first kappa shape index (κ1) is 34.4. The maximum Gasteiger partial charge on any atom is 0.407 e. The summed E-state index contributed by atoms with van der Waals surface area (Å²) in [5, 5.41) is 17.4. The fourth-order valence-electron chi connectivity index (χ4n) is 5.34. The van der Waals surface area contributed by atoms with Crippen molar-refractivity contribution in [3.63, 3.8) is 0 Å². The van der Waals surface area contributed by atoms with Crippen molar-refractivity contribution in [2.24, 2.45) is 0 Å². The summed E-state index contributed by atoms with van der Waals surface area (Å²) in [5.74, 6) is -3.17. The fourth-order valence-corrected chi connectivity index (χ4v) is 5.34. The monoisotopic (exact) mass is 642 g/mol. The lowest BCUT2D eigenvalue weighted by Gasteiger charge is -2.22. The van der Waals surface area contributed by atoms with Gasteiger partial charge in [0.05, 0.1) is 7.11 Å². The molecule has 0 radical (unpaired) electrons. The molecule has 246 valence electrons. The van der Waals surface area contributed by atoms with Crippen LogP contribution in [0.3, 0.4) is 0 Å². The van der Waals surface area contributed by atoms with E-state index in [0.29, 0.717) is 19.4 Å². The molecule has 3 amide bonds. The molecule has 47 heavy (non-hydrogen) atoms. The Morgan fingerprint density at radius 2 is 1.60 bits per heavy atom. The van der Waals surface area contributed by atoms with E-state index in [-0.39, 0.29) is 37.7 Å². The summed E-state index contributed by atoms with van der Waals surface area (Å²) >= 11 is 0. The Bertz CT molecular complexity index is 1550. The minimum absolute atomic E-state index is 0.0314. The SMILES string of the molecule is COC(=O)CC[C@H](NC(=O)[C@H](CCCCNC(=O)/C=C/c1cccnc1)NC(=O)OCC1c2ccccc2-c2ccccc21)C(=O)O. The average molecular weight is 643 g/mol. The van der Waals surface area contributed by atoms with Gasteiger partial charge in [-0.3, -0.25) is 19.4 Å². The van der Waals surface area contributed by atoms with Crippen LogP contribution >= 0.6 is 0 Å². The van der Waals surface area contributed by atoms with Crippen LogP contribution in [0.1, 0.15) is 54.7 Å². The minimum atomic E-state index is -1.38. The molecule has 1 aliphatic carbocycles. The lowest BCUT2D eigenvalue weighted by Crippen LogP contribution is -2.52. The van der Waals surface area contributed by atoms with Gasteiger partial charge in [0.1, 0.15) is 18.7 Å². The topological polar surface area (TPSA) is 173 Å². The van der Waals surface area contributed by atoms with Gasteiger partial charge in [0.25, 0.3) is 0 Å². The number of amides is 3. The first-order valence-electron chi connectivity index (χ1n) is 15.3. The van der Waals surface area contributed by atoms with E-state index in [0.717, 1.165) is 27.8 Å². The van der Waals surface area contributed by atoms with E-state index in [2.05, 4.69) is 25.7 Å². The number of esters is 1. The lowest BCUT2D eigenvalue weighted by atomic mass is 9.98. The molecular weight excluding hydrogens is 604 g/mol. The smallest absolute Gasteiger partial charge is 0.407 e. The van der Waals surface area contributed by atoms with E-state index < -0.39 is 36.0 Å². The van der Waals surface area contributed by atoms with E-state index in [1.807, 2.05) is 54.6 Å². The number of aromatic nitrogens is 1. The van der Waals surface area contributed by atoms with Crippen LogP contribution in [0.15, 0.2) is 79.1 Å². The van der Waals surface area contributed by atoms with Crippen LogP contribution in [-0.2, 0) is 28.7 Å². The zero-order valence-corrected chi connectivity index (χ0v) is 26.0. The zero-order chi connectivity index (χ0) is 33.6. The van der Waals surface area contributed by atoms with Crippen LogP contribution in [-0.4, -0.2) is 72.3 Å². The van der Waals surface area contributed by atoms with E-state index >= 15 is 0 Å². The van der Waals surface area contributed by atoms with Gasteiger partial charge in [-0.1, -0.05) is 54.6 Å². The number of carboxylic acid groups (broad SMARTS) is 1. The van der Waals surface area contributed by atoms with Gasteiger partial charge in [0.15, 0.2) is 0 Å². The van der Waals surface area contributed by atoms with Gasteiger partial charge < -0.3 is 30.5 Å². The van der Waals surface area contributed by atoms with Crippen LogP contribution < -0.4 is 16.0 Å². The molecule has 0 spiro atoms. The van der Waals surface area contributed by atoms with E-state index in [1.165, 1.54) is 13.2 Å². The van der Waals surface area contributed by atoms with Crippen LogP contribution in [0.25, 0.3) is 17.2 Å². The number of pyridine rings is 1. The summed E-state index contributed by atoms with van der Waals surface area (Å²) in [6.45, 7) is 0.343. The molecule has 12 nitrogen and oxygen atoms in total. The summed E-state index contributed by atoms with van der Waals surface area (Å²) in [6.07, 6.45) is 6.09. The normalized spacial score (nSPS) is 13.1. The standard InChI is InChI=1S/C35H38N4O8/c1-46-32(41)18-16-30(34(43)44)38-33(42)29(14-6-7-20-37-31(40)17-15-23-9-8-19-36-21-23)39-35(45)47-22-28-26-12-4-2-10-24(26)25-11-3-5-13-27(25)28/h2-5,8-13,15,17,19,21,28-30H,6-7,14,16,18,20,22H2,1H3,(H,37,40)(H,38,42)(H,39,45)(H,43,44)/b17-15+/t29-,30-/m0/s1. The van der Waals surface area contributed by atoms with Gasteiger partial charge in [0, 0.05) is 37.4 Å². The minimum Gasteiger partial charge on any atom is -0.480 e. The second-order valence-electron chi connectivity index (χ2n) is 10.9. The summed E-state index contributed by atoms with van der Waals surface area (Å²) in [4.78, 5) is 65.8. The number of benzene rings is 2. The van der Waals surface area contributed by atoms with Crippen molar-refractivity contribution in [3.05, 3.63) is 95.8 Å². The van der Waals surface area contributed by atoms with Gasteiger partial charge in [-0.2, -0.15) is 0 Å².